The maximum absolute atomic E-state index is 11.2. The van der Waals surface area contributed by atoms with Crippen LogP contribution in [0.15, 0.2) is 29.2 Å². The van der Waals surface area contributed by atoms with Crippen molar-refractivity contribution in [2.45, 2.75) is 44.6 Å². The third-order valence-electron chi connectivity index (χ3n) is 3.58. The molecule has 108 valence electrons. The zero-order valence-corrected chi connectivity index (χ0v) is 12.7. The Labute approximate surface area is 116 Å². The van der Waals surface area contributed by atoms with Crippen LogP contribution in [0, 0.1) is 5.92 Å². The quantitative estimate of drug-likeness (QED) is 0.807. The van der Waals surface area contributed by atoms with Gasteiger partial charge in [-0.3, -0.25) is 0 Å². The lowest BCUT2D eigenvalue weighted by atomic mass is 10.0. The van der Waals surface area contributed by atoms with E-state index >= 15 is 0 Å². The molecular formula is C14H24N2O2S. The van der Waals surface area contributed by atoms with Crippen molar-refractivity contribution in [1.29, 1.82) is 0 Å². The van der Waals surface area contributed by atoms with Crippen molar-refractivity contribution in [1.82, 2.24) is 5.32 Å². The molecule has 0 aromatic heterocycles. The Kier molecular flexibility index (Phi) is 5.97. The molecule has 4 nitrogen and oxygen atoms in total. The van der Waals surface area contributed by atoms with Gasteiger partial charge in [0.05, 0.1) is 4.90 Å². The van der Waals surface area contributed by atoms with Gasteiger partial charge in [-0.2, -0.15) is 0 Å². The number of sulfonamides is 1. The fraction of sp³-hybridized carbons (Fsp3) is 0.571. The van der Waals surface area contributed by atoms with Gasteiger partial charge in [0.2, 0.25) is 10.0 Å². The van der Waals surface area contributed by atoms with E-state index in [1.165, 1.54) is 12.8 Å². The van der Waals surface area contributed by atoms with E-state index in [-0.39, 0.29) is 10.9 Å². The monoisotopic (exact) mass is 284 g/mol. The van der Waals surface area contributed by atoms with Crippen LogP contribution < -0.4 is 10.5 Å². The van der Waals surface area contributed by atoms with Gasteiger partial charge >= 0.3 is 0 Å². The molecule has 0 radical (unpaired) electrons. The summed E-state index contributed by atoms with van der Waals surface area (Å²) < 4.78 is 22.3. The topological polar surface area (TPSA) is 72.2 Å². The van der Waals surface area contributed by atoms with E-state index in [1.807, 2.05) is 12.1 Å². The van der Waals surface area contributed by atoms with E-state index in [0.717, 1.165) is 12.1 Å². The Morgan fingerprint density at radius 3 is 2.11 bits per heavy atom. The molecule has 0 aliphatic carbocycles. The van der Waals surface area contributed by atoms with E-state index in [4.69, 9.17) is 5.14 Å². The van der Waals surface area contributed by atoms with E-state index in [0.29, 0.717) is 5.92 Å². The van der Waals surface area contributed by atoms with Gasteiger partial charge in [-0.05, 0) is 37.1 Å². The highest BCUT2D eigenvalue weighted by Crippen LogP contribution is 2.16. The zero-order valence-electron chi connectivity index (χ0n) is 11.9. The minimum absolute atomic E-state index is 0.156. The van der Waals surface area contributed by atoms with Crippen molar-refractivity contribution >= 4 is 10.0 Å². The first-order valence-electron chi connectivity index (χ1n) is 6.74. The Morgan fingerprint density at radius 2 is 1.68 bits per heavy atom. The summed E-state index contributed by atoms with van der Waals surface area (Å²) in [6, 6.07) is 6.93. The number of primary sulfonamides is 1. The summed E-state index contributed by atoms with van der Waals surface area (Å²) in [4.78, 5) is 0.156. The smallest absolute Gasteiger partial charge is 0.238 e. The summed E-state index contributed by atoms with van der Waals surface area (Å²) >= 11 is 0. The molecule has 0 aliphatic rings. The van der Waals surface area contributed by atoms with Crippen molar-refractivity contribution in [2.24, 2.45) is 11.1 Å². The molecule has 0 saturated heterocycles. The van der Waals surface area contributed by atoms with Crippen molar-refractivity contribution in [3.05, 3.63) is 29.8 Å². The van der Waals surface area contributed by atoms with Crippen LogP contribution >= 0.6 is 0 Å². The van der Waals surface area contributed by atoms with Crippen LogP contribution in [0.2, 0.25) is 0 Å². The van der Waals surface area contributed by atoms with Gasteiger partial charge in [0.25, 0.3) is 0 Å². The van der Waals surface area contributed by atoms with Gasteiger partial charge in [0.1, 0.15) is 0 Å². The van der Waals surface area contributed by atoms with E-state index in [1.54, 1.807) is 12.1 Å². The lowest BCUT2D eigenvalue weighted by Gasteiger charge is -2.19. The van der Waals surface area contributed by atoms with Gasteiger partial charge in [-0.25, -0.2) is 13.6 Å². The average Bonchev–Trinajstić information content (AvgIpc) is 2.39. The predicted molar refractivity (Wildman–Crippen MR) is 78.3 cm³/mol. The second-order valence-corrected chi connectivity index (χ2v) is 6.49. The summed E-state index contributed by atoms with van der Waals surface area (Å²) in [5.41, 5.74) is 1.07. The Morgan fingerprint density at radius 1 is 1.16 bits per heavy atom. The van der Waals surface area contributed by atoms with Gasteiger partial charge in [0.15, 0.2) is 0 Å². The number of nitrogens with two attached hydrogens (primary N) is 1. The second-order valence-electron chi connectivity index (χ2n) is 4.93. The van der Waals surface area contributed by atoms with Crippen LogP contribution in [0.25, 0.3) is 0 Å². The molecule has 3 N–H and O–H groups in total. The minimum atomic E-state index is -3.60. The van der Waals surface area contributed by atoms with Crippen LogP contribution in [0.3, 0.4) is 0 Å². The zero-order chi connectivity index (χ0) is 14.5. The van der Waals surface area contributed by atoms with Crippen molar-refractivity contribution in [3.8, 4) is 0 Å². The first kappa shape index (κ1) is 16.1. The van der Waals surface area contributed by atoms with Crippen LogP contribution in [0.5, 0.6) is 0 Å². The summed E-state index contributed by atoms with van der Waals surface area (Å²) in [7, 11) is -3.60. The van der Waals surface area contributed by atoms with Crippen LogP contribution in [0.4, 0.5) is 0 Å². The maximum Gasteiger partial charge on any atom is 0.238 e. The SMILES string of the molecule is CCC(CC)CNC(C)c1ccc(S(N)(=O)=O)cc1. The van der Waals surface area contributed by atoms with Crippen molar-refractivity contribution in [2.75, 3.05) is 6.54 Å². The average molecular weight is 284 g/mol. The maximum atomic E-state index is 11.2. The van der Waals surface area contributed by atoms with Crippen LogP contribution in [-0.2, 0) is 10.0 Å². The summed E-state index contributed by atoms with van der Waals surface area (Å²) in [6.45, 7) is 7.45. The molecule has 0 fully saturated rings. The molecule has 0 saturated carbocycles. The molecule has 19 heavy (non-hydrogen) atoms. The molecule has 0 aliphatic heterocycles. The predicted octanol–water partition coefficient (Wildman–Crippen LogP) is 2.42. The standard InChI is InChI=1S/C14H24N2O2S/c1-4-12(5-2)10-16-11(3)13-6-8-14(9-7-13)19(15,17)18/h6-9,11-12,16H,4-5,10H2,1-3H3,(H2,15,17,18). The highest BCUT2D eigenvalue weighted by atomic mass is 32.2. The van der Waals surface area contributed by atoms with E-state index < -0.39 is 10.0 Å². The minimum Gasteiger partial charge on any atom is -0.310 e. The van der Waals surface area contributed by atoms with Gasteiger partial charge in [-0.15, -0.1) is 0 Å². The molecule has 5 heteroatoms. The Bertz CT molecular complexity index is 479. The van der Waals surface area contributed by atoms with Gasteiger partial charge in [-0.1, -0.05) is 38.8 Å². The number of nitrogens with one attached hydrogen (secondary N) is 1. The Balaban J connectivity index is 2.65. The van der Waals surface area contributed by atoms with Crippen LogP contribution in [0.1, 0.15) is 45.2 Å². The van der Waals surface area contributed by atoms with Crippen molar-refractivity contribution < 1.29 is 8.42 Å². The lowest BCUT2D eigenvalue weighted by Crippen LogP contribution is -2.25. The molecule has 1 aromatic carbocycles. The molecule has 0 heterocycles. The molecular weight excluding hydrogens is 260 g/mol. The fourth-order valence-electron chi connectivity index (χ4n) is 1.98. The summed E-state index contributed by atoms with van der Waals surface area (Å²) in [5.74, 6) is 0.686. The molecule has 1 atom stereocenters. The number of benzene rings is 1. The van der Waals surface area contributed by atoms with E-state index in [2.05, 4.69) is 26.1 Å². The van der Waals surface area contributed by atoms with Gasteiger partial charge in [0, 0.05) is 6.04 Å². The fourth-order valence-corrected chi connectivity index (χ4v) is 2.50. The van der Waals surface area contributed by atoms with Crippen molar-refractivity contribution in [3.63, 3.8) is 0 Å². The largest absolute Gasteiger partial charge is 0.310 e. The number of rotatable bonds is 7. The molecule has 1 unspecified atom stereocenters. The third kappa shape index (κ3) is 4.93. The first-order valence-corrected chi connectivity index (χ1v) is 8.29. The molecule has 0 bridgehead atoms. The molecule has 0 amide bonds. The number of hydrogen-bond donors (Lipinski definition) is 2. The number of hydrogen-bond acceptors (Lipinski definition) is 3. The molecule has 1 aromatic rings. The highest BCUT2D eigenvalue weighted by molar-refractivity contribution is 7.89. The second kappa shape index (κ2) is 7.03. The lowest BCUT2D eigenvalue weighted by molar-refractivity contribution is 0.422. The first-order chi connectivity index (χ1) is 8.88. The summed E-state index contributed by atoms with van der Waals surface area (Å²) in [5, 5.41) is 8.55. The summed E-state index contributed by atoms with van der Waals surface area (Å²) in [6.07, 6.45) is 2.33. The Hall–Kier alpha value is -0.910. The molecule has 1 rings (SSSR count). The van der Waals surface area contributed by atoms with Crippen LogP contribution in [-0.4, -0.2) is 15.0 Å². The third-order valence-corrected chi connectivity index (χ3v) is 4.51. The normalized spacial score (nSPS) is 13.7. The highest BCUT2D eigenvalue weighted by Gasteiger charge is 2.11. The molecule has 0 spiro atoms. The van der Waals surface area contributed by atoms with Gasteiger partial charge < -0.3 is 5.32 Å². The van der Waals surface area contributed by atoms with E-state index in [9.17, 15) is 8.42 Å².